The molecule has 1 heterocycles. The van der Waals surface area contributed by atoms with Gasteiger partial charge in [0.2, 0.25) is 5.91 Å². The van der Waals surface area contributed by atoms with Crippen LogP contribution in [0.4, 0.5) is 17.1 Å². The molecule has 0 bridgehead atoms. The van der Waals surface area contributed by atoms with E-state index in [0.29, 0.717) is 12.5 Å². The number of anilines is 3. The van der Waals surface area contributed by atoms with Gasteiger partial charge in [-0.3, -0.25) is 4.79 Å². The van der Waals surface area contributed by atoms with Crippen LogP contribution in [0.5, 0.6) is 0 Å². The van der Waals surface area contributed by atoms with E-state index in [4.69, 9.17) is 5.73 Å². The number of fused-ring (bicyclic) bond motifs is 1. The van der Waals surface area contributed by atoms with E-state index in [1.807, 2.05) is 6.07 Å². The predicted octanol–water partition coefficient (Wildman–Crippen LogP) is 2.53. The smallest absolute Gasteiger partial charge is 0.224 e. The Morgan fingerprint density at radius 2 is 2.16 bits per heavy atom. The van der Waals surface area contributed by atoms with Crippen LogP contribution in [-0.4, -0.2) is 18.5 Å². The Hall–Kier alpha value is -1.71. The first-order valence-electron chi connectivity index (χ1n) is 7.18. The second-order valence-electron chi connectivity index (χ2n) is 5.54. The highest BCUT2D eigenvalue weighted by molar-refractivity contribution is 5.95. The highest BCUT2D eigenvalue weighted by atomic mass is 16.1. The summed E-state index contributed by atoms with van der Waals surface area (Å²) >= 11 is 0. The molecule has 1 aliphatic heterocycles. The summed E-state index contributed by atoms with van der Waals surface area (Å²) in [5.74, 6) is 0.108. The van der Waals surface area contributed by atoms with Crippen LogP contribution in [0.3, 0.4) is 0 Å². The third-order valence-corrected chi connectivity index (χ3v) is 3.91. The number of carbonyl (C=O) groups is 1. The van der Waals surface area contributed by atoms with Gasteiger partial charge in [-0.25, -0.2) is 0 Å². The van der Waals surface area contributed by atoms with E-state index in [1.165, 1.54) is 12.8 Å². The zero-order valence-electron chi connectivity index (χ0n) is 11.4. The molecule has 19 heavy (non-hydrogen) atoms. The number of hydrogen-bond acceptors (Lipinski definition) is 3. The summed E-state index contributed by atoms with van der Waals surface area (Å²) in [6.45, 7) is 3.22. The van der Waals surface area contributed by atoms with Gasteiger partial charge in [-0.05, 0) is 43.4 Å². The summed E-state index contributed by atoms with van der Waals surface area (Å²) in [4.78, 5) is 13.9. The maximum Gasteiger partial charge on any atom is 0.224 e. The second kappa shape index (κ2) is 4.76. The molecule has 3 rings (SSSR count). The summed E-state index contributed by atoms with van der Waals surface area (Å²) in [5, 5.41) is 2.96. The molecule has 1 amide bonds. The van der Waals surface area contributed by atoms with Crippen molar-refractivity contribution in [1.82, 2.24) is 0 Å². The summed E-state index contributed by atoms with van der Waals surface area (Å²) in [6, 6.07) is 4.74. The third-order valence-electron chi connectivity index (χ3n) is 3.91. The maximum absolute atomic E-state index is 11.5. The fourth-order valence-corrected chi connectivity index (χ4v) is 2.81. The molecule has 0 radical (unpaired) electrons. The SMILES string of the molecule is CCCN(c1cc2c(cc1N)CCC(=O)N2)C1CC1. The Balaban J connectivity index is 1.96. The summed E-state index contributed by atoms with van der Waals surface area (Å²) in [7, 11) is 0. The minimum Gasteiger partial charge on any atom is -0.397 e. The van der Waals surface area contributed by atoms with Crippen LogP contribution in [0, 0.1) is 0 Å². The van der Waals surface area contributed by atoms with E-state index in [1.54, 1.807) is 0 Å². The first-order chi connectivity index (χ1) is 9.19. The van der Waals surface area contributed by atoms with Crippen LogP contribution in [0.15, 0.2) is 12.1 Å². The number of nitrogen functional groups attached to an aromatic ring is 1. The van der Waals surface area contributed by atoms with Gasteiger partial charge in [0.1, 0.15) is 0 Å². The lowest BCUT2D eigenvalue weighted by Crippen LogP contribution is -2.28. The molecule has 3 N–H and O–H groups in total. The lowest BCUT2D eigenvalue weighted by Gasteiger charge is -2.28. The number of carbonyl (C=O) groups excluding carboxylic acids is 1. The van der Waals surface area contributed by atoms with Crippen LogP contribution in [0.2, 0.25) is 0 Å². The van der Waals surface area contributed by atoms with Gasteiger partial charge >= 0.3 is 0 Å². The van der Waals surface area contributed by atoms with Crippen molar-refractivity contribution in [2.75, 3.05) is 22.5 Å². The Morgan fingerprint density at radius 3 is 2.84 bits per heavy atom. The number of benzene rings is 1. The number of nitrogens with zero attached hydrogens (tertiary/aromatic N) is 1. The molecule has 1 aromatic rings. The van der Waals surface area contributed by atoms with Gasteiger partial charge in [-0.15, -0.1) is 0 Å². The number of rotatable bonds is 4. The molecule has 1 aromatic carbocycles. The number of aryl methyl sites for hydroxylation is 1. The molecule has 2 aliphatic rings. The molecule has 0 unspecified atom stereocenters. The summed E-state index contributed by atoms with van der Waals surface area (Å²) < 4.78 is 0. The number of amides is 1. The van der Waals surface area contributed by atoms with Gasteiger partial charge in [0.05, 0.1) is 11.4 Å². The highest BCUT2D eigenvalue weighted by Crippen LogP contribution is 2.38. The number of nitrogens with one attached hydrogen (secondary N) is 1. The molecule has 4 heteroatoms. The Morgan fingerprint density at radius 1 is 1.37 bits per heavy atom. The zero-order valence-corrected chi connectivity index (χ0v) is 11.4. The lowest BCUT2D eigenvalue weighted by molar-refractivity contribution is -0.116. The number of nitrogens with two attached hydrogens (primary N) is 1. The average molecular weight is 259 g/mol. The molecule has 1 aliphatic carbocycles. The van der Waals surface area contributed by atoms with E-state index in [2.05, 4.69) is 23.2 Å². The fraction of sp³-hybridized carbons (Fsp3) is 0.533. The minimum absolute atomic E-state index is 0.108. The van der Waals surface area contributed by atoms with Crippen LogP contribution in [0.1, 0.15) is 38.2 Å². The topological polar surface area (TPSA) is 58.4 Å². The number of hydrogen-bond donors (Lipinski definition) is 2. The van der Waals surface area contributed by atoms with Crippen LogP contribution in [0.25, 0.3) is 0 Å². The minimum atomic E-state index is 0.108. The Bertz CT molecular complexity index is 508. The van der Waals surface area contributed by atoms with Gasteiger partial charge in [0, 0.05) is 24.7 Å². The monoisotopic (exact) mass is 259 g/mol. The summed E-state index contributed by atoms with van der Waals surface area (Å²) in [6.07, 6.45) is 4.97. The van der Waals surface area contributed by atoms with Gasteiger partial charge in [0.25, 0.3) is 0 Å². The molecule has 0 spiro atoms. The van der Waals surface area contributed by atoms with E-state index in [-0.39, 0.29) is 5.91 Å². The lowest BCUT2D eigenvalue weighted by atomic mass is 10.0. The average Bonchev–Trinajstić information content (AvgIpc) is 3.20. The van der Waals surface area contributed by atoms with Gasteiger partial charge < -0.3 is 16.0 Å². The van der Waals surface area contributed by atoms with Crippen molar-refractivity contribution in [3.63, 3.8) is 0 Å². The third kappa shape index (κ3) is 2.39. The van der Waals surface area contributed by atoms with E-state index in [0.717, 1.165) is 42.0 Å². The van der Waals surface area contributed by atoms with Crippen LogP contribution in [-0.2, 0) is 11.2 Å². The largest absolute Gasteiger partial charge is 0.397 e. The van der Waals surface area contributed by atoms with E-state index in [9.17, 15) is 4.79 Å². The highest BCUT2D eigenvalue weighted by Gasteiger charge is 2.30. The Kier molecular flexibility index (Phi) is 3.09. The van der Waals surface area contributed by atoms with Crippen molar-refractivity contribution in [1.29, 1.82) is 0 Å². The zero-order chi connectivity index (χ0) is 13.4. The molecular formula is C15H21N3O. The van der Waals surface area contributed by atoms with Gasteiger partial charge in [0.15, 0.2) is 0 Å². The normalized spacial score (nSPS) is 17.8. The van der Waals surface area contributed by atoms with E-state index >= 15 is 0 Å². The van der Waals surface area contributed by atoms with Crippen molar-refractivity contribution in [3.8, 4) is 0 Å². The first kappa shape index (κ1) is 12.3. The van der Waals surface area contributed by atoms with E-state index < -0.39 is 0 Å². The maximum atomic E-state index is 11.5. The Labute approximate surface area is 114 Å². The molecule has 0 saturated heterocycles. The van der Waals surface area contributed by atoms with Gasteiger partial charge in [-0.2, -0.15) is 0 Å². The molecule has 4 nitrogen and oxygen atoms in total. The van der Waals surface area contributed by atoms with Crippen molar-refractivity contribution in [2.45, 2.75) is 45.1 Å². The quantitative estimate of drug-likeness (QED) is 0.817. The molecule has 0 aromatic heterocycles. The second-order valence-corrected chi connectivity index (χ2v) is 5.54. The van der Waals surface area contributed by atoms with Crippen LogP contribution < -0.4 is 16.0 Å². The molecule has 1 fully saturated rings. The van der Waals surface area contributed by atoms with Crippen molar-refractivity contribution in [2.24, 2.45) is 0 Å². The van der Waals surface area contributed by atoms with Crippen molar-refractivity contribution in [3.05, 3.63) is 17.7 Å². The van der Waals surface area contributed by atoms with Crippen molar-refractivity contribution >= 4 is 23.0 Å². The first-order valence-corrected chi connectivity index (χ1v) is 7.18. The van der Waals surface area contributed by atoms with Crippen molar-refractivity contribution < 1.29 is 4.79 Å². The summed E-state index contributed by atoms with van der Waals surface area (Å²) in [5.41, 5.74) is 10.3. The molecule has 102 valence electrons. The van der Waals surface area contributed by atoms with Gasteiger partial charge in [-0.1, -0.05) is 6.92 Å². The van der Waals surface area contributed by atoms with Crippen LogP contribution >= 0.6 is 0 Å². The predicted molar refractivity (Wildman–Crippen MR) is 78.5 cm³/mol. The molecule has 0 atom stereocenters. The fourth-order valence-electron chi connectivity index (χ4n) is 2.81. The molecule has 1 saturated carbocycles. The molecular weight excluding hydrogens is 238 g/mol. The standard InChI is InChI=1S/C15H21N3O/c1-2-7-18(11-4-5-11)14-9-13-10(8-12(14)16)3-6-15(19)17-13/h8-9,11H,2-7,16H2,1H3,(H,17,19).